The van der Waals surface area contributed by atoms with Crippen molar-refractivity contribution in [3.63, 3.8) is 0 Å². The number of benzene rings is 2. The lowest BCUT2D eigenvalue weighted by atomic mass is 10.2. The molecular formula is C13H10BrClN2O. The van der Waals surface area contributed by atoms with Gasteiger partial charge in [-0.25, -0.2) is 0 Å². The number of azo groups is 1. The van der Waals surface area contributed by atoms with Gasteiger partial charge in [0.05, 0.1) is 10.2 Å². The van der Waals surface area contributed by atoms with Crippen LogP contribution >= 0.6 is 27.5 Å². The molecule has 0 unspecified atom stereocenters. The van der Waals surface area contributed by atoms with Crippen LogP contribution in [0.2, 0.25) is 5.02 Å². The first kappa shape index (κ1) is 13.1. The summed E-state index contributed by atoms with van der Waals surface area (Å²) >= 11 is 9.11. The molecule has 92 valence electrons. The van der Waals surface area contributed by atoms with Gasteiger partial charge >= 0.3 is 0 Å². The predicted octanol–water partition coefficient (Wildman–Crippen LogP) is 5.53. The van der Waals surface area contributed by atoms with Gasteiger partial charge in [-0.2, -0.15) is 5.11 Å². The summed E-state index contributed by atoms with van der Waals surface area (Å²) in [7, 11) is 0. The first-order valence-corrected chi connectivity index (χ1v) is 6.40. The topological polar surface area (TPSA) is 45.0 Å². The fourth-order valence-electron chi connectivity index (χ4n) is 1.44. The number of aryl methyl sites for hydroxylation is 1. The van der Waals surface area contributed by atoms with E-state index in [4.69, 9.17) is 11.6 Å². The van der Waals surface area contributed by atoms with Crippen molar-refractivity contribution in [2.75, 3.05) is 0 Å². The van der Waals surface area contributed by atoms with E-state index < -0.39 is 0 Å². The van der Waals surface area contributed by atoms with Gasteiger partial charge in [-0.15, -0.1) is 5.11 Å². The summed E-state index contributed by atoms with van der Waals surface area (Å²) in [5.41, 5.74) is 2.04. The van der Waals surface area contributed by atoms with Gasteiger partial charge in [-0.3, -0.25) is 0 Å². The van der Waals surface area contributed by atoms with E-state index in [0.29, 0.717) is 20.9 Å². The lowest BCUT2D eigenvalue weighted by Gasteiger charge is -2.02. The van der Waals surface area contributed by atoms with Crippen molar-refractivity contribution in [3.05, 3.63) is 51.5 Å². The third-order valence-electron chi connectivity index (χ3n) is 2.27. The fourth-order valence-corrected chi connectivity index (χ4v) is 2.19. The number of nitrogens with zero attached hydrogens (tertiary/aromatic N) is 2. The number of rotatable bonds is 2. The van der Waals surface area contributed by atoms with Crippen LogP contribution in [-0.2, 0) is 0 Å². The highest BCUT2D eigenvalue weighted by Gasteiger charge is 2.05. The molecule has 5 heteroatoms. The predicted molar refractivity (Wildman–Crippen MR) is 76.2 cm³/mol. The molecule has 0 heterocycles. The second-order valence-electron chi connectivity index (χ2n) is 3.79. The van der Waals surface area contributed by atoms with Crippen molar-refractivity contribution in [3.8, 4) is 5.75 Å². The molecule has 0 aromatic heterocycles. The molecule has 0 aliphatic heterocycles. The van der Waals surface area contributed by atoms with Crippen molar-refractivity contribution in [1.82, 2.24) is 0 Å². The highest BCUT2D eigenvalue weighted by molar-refractivity contribution is 9.10. The molecule has 0 bridgehead atoms. The molecule has 0 saturated heterocycles. The van der Waals surface area contributed by atoms with E-state index in [9.17, 15) is 5.11 Å². The zero-order valence-electron chi connectivity index (χ0n) is 9.56. The Morgan fingerprint density at radius 1 is 1.17 bits per heavy atom. The maximum absolute atomic E-state index is 9.83. The van der Waals surface area contributed by atoms with E-state index in [1.807, 2.05) is 13.0 Å². The monoisotopic (exact) mass is 324 g/mol. The van der Waals surface area contributed by atoms with Gasteiger partial charge in [0.2, 0.25) is 0 Å². The van der Waals surface area contributed by atoms with Gasteiger partial charge in [0.25, 0.3) is 0 Å². The summed E-state index contributed by atoms with van der Waals surface area (Å²) in [6.45, 7) is 1.92. The maximum Gasteiger partial charge on any atom is 0.157 e. The largest absolute Gasteiger partial charge is 0.505 e. The Labute approximate surface area is 118 Å². The second kappa shape index (κ2) is 5.50. The van der Waals surface area contributed by atoms with Crippen LogP contribution in [0, 0.1) is 6.92 Å². The number of hydrogen-bond donors (Lipinski definition) is 1. The molecule has 18 heavy (non-hydrogen) atoms. The number of aromatic hydroxyl groups is 1. The Balaban J connectivity index is 2.34. The van der Waals surface area contributed by atoms with Crippen molar-refractivity contribution >= 4 is 38.9 Å². The smallest absolute Gasteiger partial charge is 0.157 e. The summed E-state index contributed by atoms with van der Waals surface area (Å²) in [6.07, 6.45) is 0. The average Bonchev–Trinajstić information content (AvgIpc) is 2.32. The molecule has 2 rings (SSSR count). The highest BCUT2D eigenvalue weighted by atomic mass is 79.9. The van der Waals surface area contributed by atoms with Gasteiger partial charge in [0.15, 0.2) is 5.75 Å². The number of hydrogen-bond acceptors (Lipinski definition) is 3. The minimum absolute atomic E-state index is 0.0754. The van der Waals surface area contributed by atoms with Gasteiger partial charge in [-0.1, -0.05) is 17.7 Å². The minimum Gasteiger partial charge on any atom is -0.505 e. The van der Waals surface area contributed by atoms with Crippen LogP contribution in [0.5, 0.6) is 5.75 Å². The van der Waals surface area contributed by atoms with Crippen molar-refractivity contribution in [2.45, 2.75) is 6.92 Å². The molecule has 0 saturated carbocycles. The zero-order chi connectivity index (χ0) is 13.1. The molecule has 0 amide bonds. The SMILES string of the molecule is Cc1cc(Br)c(O)c(N=Nc2cccc(Cl)c2)c1. The van der Waals surface area contributed by atoms with E-state index in [-0.39, 0.29) is 5.75 Å². The fraction of sp³-hybridized carbons (Fsp3) is 0.0769. The lowest BCUT2D eigenvalue weighted by Crippen LogP contribution is -1.75. The van der Waals surface area contributed by atoms with E-state index in [2.05, 4.69) is 26.2 Å². The first-order chi connectivity index (χ1) is 8.56. The van der Waals surface area contributed by atoms with Crippen molar-refractivity contribution in [2.24, 2.45) is 10.2 Å². The molecule has 3 nitrogen and oxygen atoms in total. The maximum atomic E-state index is 9.83. The quantitative estimate of drug-likeness (QED) is 0.725. The summed E-state index contributed by atoms with van der Waals surface area (Å²) in [4.78, 5) is 0. The molecule has 0 atom stereocenters. The number of phenolic OH excluding ortho intramolecular Hbond substituents is 1. The van der Waals surface area contributed by atoms with Crippen molar-refractivity contribution in [1.29, 1.82) is 0 Å². The van der Waals surface area contributed by atoms with Crippen molar-refractivity contribution < 1.29 is 5.11 Å². The van der Waals surface area contributed by atoms with Gasteiger partial charge < -0.3 is 5.11 Å². The van der Waals surface area contributed by atoms with Gasteiger partial charge in [0.1, 0.15) is 5.69 Å². The van der Waals surface area contributed by atoms with Gasteiger partial charge in [-0.05, 0) is 58.7 Å². The van der Waals surface area contributed by atoms with E-state index >= 15 is 0 Å². The van der Waals surface area contributed by atoms with Crippen LogP contribution in [0.25, 0.3) is 0 Å². The van der Waals surface area contributed by atoms with Crippen LogP contribution < -0.4 is 0 Å². The lowest BCUT2D eigenvalue weighted by molar-refractivity contribution is 0.473. The molecule has 0 aliphatic carbocycles. The zero-order valence-corrected chi connectivity index (χ0v) is 11.9. The molecule has 2 aromatic rings. The Bertz CT molecular complexity index is 614. The summed E-state index contributed by atoms with van der Waals surface area (Å²) < 4.78 is 0.600. The number of halogens is 2. The van der Waals surface area contributed by atoms with Crippen LogP contribution in [0.3, 0.4) is 0 Å². The molecule has 0 aliphatic rings. The van der Waals surface area contributed by atoms with Crippen LogP contribution in [0.4, 0.5) is 11.4 Å². The van der Waals surface area contributed by atoms with Crippen LogP contribution in [-0.4, -0.2) is 5.11 Å². The standard InChI is InChI=1S/C13H10BrClN2O/c1-8-5-11(14)13(18)12(6-8)17-16-10-4-2-3-9(15)7-10/h2-7,18H,1H3. The Morgan fingerprint density at radius 2 is 1.94 bits per heavy atom. The average molecular weight is 326 g/mol. The summed E-state index contributed by atoms with van der Waals surface area (Å²) in [5, 5.41) is 18.5. The first-order valence-electron chi connectivity index (χ1n) is 5.22. The Hall–Kier alpha value is -1.39. The third-order valence-corrected chi connectivity index (χ3v) is 3.11. The molecule has 2 aromatic carbocycles. The Kier molecular flexibility index (Phi) is 3.99. The van der Waals surface area contributed by atoms with Gasteiger partial charge in [0, 0.05) is 5.02 Å². The molecule has 1 N–H and O–H groups in total. The third kappa shape index (κ3) is 3.09. The summed E-state index contributed by atoms with van der Waals surface area (Å²) in [6, 6.07) is 10.6. The number of phenols is 1. The van der Waals surface area contributed by atoms with E-state index in [1.54, 1.807) is 30.3 Å². The molecular weight excluding hydrogens is 316 g/mol. The second-order valence-corrected chi connectivity index (χ2v) is 5.09. The molecule has 0 fully saturated rings. The highest BCUT2D eigenvalue weighted by Crippen LogP contribution is 2.36. The Morgan fingerprint density at radius 3 is 2.67 bits per heavy atom. The molecule has 0 spiro atoms. The van der Waals surface area contributed by atoms with E-state index in [0.717, 1.165) is 5.56 Å². The van der Waals surface area contributed by atoms with E-state index in [1.165, 1.54) is 0 Å². The molecule has 0 radical (unpaired) electrons. The normalized spacial score (nSPS) is 11.1. The van der Waals surface area contributed by atoms with Crippen LogP contribution in [0.15, 0.2) is 51.1 Å². The minimum atomic E-state index is 0.0754. The summed E-state index contributed by atoms with van der Waals surface area (Å²) in [5.74, 6) is 0.0754. The van der Waals surface area contributed by atoms with Crippen LogP contribution in [0.1, 0.15) is 5.56 Å².